The molecule has 1 unspecified atom stereocenters. The summed E-state index contributed by atoms with van der Waals surface area (Å²) in [4.78, 5) is 33.7. The molecule has 236 valence electrons. The van der Waals surface area contributed by atoms with Gasteiger partial charge in [-0.3, -0.25) is 14.7 Å². The molecule has 46 heavy (non-hydrogen) atoms. The lowest BCUT2D eigenvalue weighted by Crippen LogP contribution is -2.39. The number of halogens is 1. The Labute approximate surface area is 272 Å². The smallest absolute Gasteiger partial charge is 0.257 e. The van der Waals surface area contributed by atoms with E-state index in [1.54, 1.807) is 24.5 Å². The van der Waals surface area contributed by atoms with Gasteiger partial charge in [-0.25, -0.2) is 9.97 Å². The van der Waals surface area contributed by atoms with Crippen LogP contribution in [0, 0.1) is 6.92 Å². The van der Waals surface area contributed by atoms with Gasteiger partial charge in [0, 0.05) is 61.0 Å². The van der Waals surface area contributed by atoms with E-state index in [2.05, 4.69) is 29.7 Å². The fraction of sp³-hybridized carbons (Fsp3) is 0.343. The number of hydrogen-bond acceptors (Lipinski definition) is 8. The van der Waals surface area contributed by atoms with Crippen LogP contribution < -0.4 is 10.1 Å². The molecular formula is C35H36ClN7O3. The Morgan fingerprint density at radius 3 is 2.61 bits per heavy atom. The van der Waals surface area contributed by atoms with Crippen LogP contribution in [-0.4, -0.2) is 67.2 Å². The minimum absolute atomic E-state index is 0.0892. The summed E-state index contributed by atoms with van der Waals surface area (Å²) >= 11 is 6.02. The van der Waals surface area contributed by atoms with Crippen LogP contribution in [0.15, 0.2) is 73.1 Å². The lowest BCUT2D eigenvalue weighted by molar-refractivity contribution is -0.0592. The van der Waals surface area contributed by atoms with Gasteiger partial charge in [0.05, 0.1) is 35.8 Å². The number of anilines is 1. The van der Waals surface area contributed by atoms with Gasteiger partial charge in [0.15, 0.2) is 0 Å². The van der Waals surface area contributed by atoms with Crippen LogP contribution in [0.5, 0.6) is 5.88 Å². The predicted octanol–water partition coefficient (Wildman–Crippen LogP) is 5.86. The van der Waals surface area contributed by atoms with Crippen molar-refractivity contribution in [3.05, 3.63) is 107 Å². The molecule has 1 N–H and O–H groups in total. The number of aryl methyl sites for hydroxylation is 1. The highest BCUT2D eigenvalue weighted by Gasteiger charge is 2.26. The van der Waals surface area contributed by atoms with Crippen molar-refractivity contribution in [3.63, 3.8) is 0 Å². The monoisotopic (exact) mass is 637 g/mol. The number of piperidine rings is 1. The van der Waals surface area contributed by atoms with E-state index in [4.69, 9.17) is 26.1 Å². The van der Waals surface area contributed by atoms with Gasteiger partial charge in [-0.2, -0.15) is 4.98 Å². The average molecular weight is 638 g/mol. The third-order valence-electron chi connectivity index (χ3n) is 8.66. The van der Waals surface area contributed by atoms with Crippen molar-refractivity contribution < 1.29 is 14.3 Å². The summed E-state index contributed by atoms with van der Waals surface area (Å²) in [6, 6.07) is 19.0. The van der Waals surface area contributed by atoms with Crippen LogP contribution in [-0.2, 0) is 24.2 Å². The van der Waals surface area contributed by atoms with Crippen LogP contribution in [0.4, 0.5) is 5.69 Å². The van der Waals surface area contributed by atoms with Crippen molar-refractivity contribution in [1.82, 2.24) is 29.4 Å². The molecule has 2 aliphatic rings. The molecule has 5 heterocycles. The van der Waals surface area contributed by atoms with E-state index in [0.717, 1.165) is 80.3 Å². The zero-order valence-corrected chi connectivity index (χ0v) is 26.5. The molecule has 2 aliphatic heterocycles. The van der Waals surface area contributed by atoms with Crippen molar-refractivity contribution in [3.8, 4) is 5.88 Å². The van der Waals surface area contributed by atoms with Gasteiger partial charge in [-0.1, -0.05) is 23.7 Å². The number of pyridine rings is 1. The van der Waals surface area contributed by atoms with Gasteiger partial charge in [0.1, 0.15) is 17.8 Å². The van der Waals surface area contributed by atoms with Crippen LogP contribution >= 0.6 is 11.6 Å². The number of ether oxygens (including phenoxy) is 2. The first-order chi connectivity index (χ1) is 22.5. The maximum atomic E-state index is 12.9. The Balaban J connectivity index is 1.00. The van der Waals surface area contributed by atoms with Gasteiger partial charge >= 0.3 is 0 Å². The topological polar surface area (TPSA) is 107 Å². The number of carbonyl (C=O) groups is 1. The van der Waals surface area contributed by atoms with Gasteiger partial charge in [0.25, 0.3) is 5.91 Å². The van der Waals surface area contributed by atoms with Crippen LogP contribution in [0.2, 0.25) is 5.02 Å². The maximum absolute atomic E-state index is 12.9. The molecule has 0 bridgehead atoms. The van der Waals surface area contributed by atoms with Gasteiger partial charge < -0.3 is 19.4 Å². The molecule has 2 aromatic carbocycles. The first kappa shape index (κ1) is 30.3. The molecule has 3 aromatic heterocycles. The fourth-order valence-electron chi connectivity index (χ4n) is 6.01. The number of likely N-dealkylation sites (tertiary alicyclic amines) is 1. The summed E-state index contributed by atoms with van der Waals surface area (Å²) in [5, 5.41) is 3.73. The van der Waals surface area contributed by atoms with Crippen molar-refractivity contribution in [1.29, 1.82) is 0 Å². The quantitative estimate of drug-likeness (QED) is 0.203. The fourth-order valence-corrected chi connectivity index (χ4v) is 6.13. The summed E-state index contributed by atoms with van der Waals surface area (Å²) in [7, 11) is 0. The Hall–Kier alpha value is -4.38. The van der Waals surface area contributed by atoms with E-state index < -0.39 is 0 Å². The number of fused-ring (bicyclic) bond motifs is 1. The summed E-state index contributed by atoms with van der Waals surface area (Å²) in [6.07, 6.45) is 7.19. The number of rotatable bonds is 10. The molecule has 0 spiro atoms. The third kappa shape index (κ3) is 7.04. The van der Waals surface area contributed by atoms with Gasteiger partial charge in [-0.15, -0.1) is 0 Å². The van der Waals surface area contributed by atoms with Crippen molar-refractivity contribution in [2.45, 2.75) is 57.9 Å². The zero-order valence-electron chi connectivity index (χ0n) is 25.7. The largest absolute Gasteiger partial charge is 0.474 e. The molecule has 7 rings (SSSR count). The van der Waals surface area contributed by atoms with Crippen molar-refractivity contribution >= 4 is 34.2 Å². The zero-order chi connectivity index (χ0) is 31.5. The summed E-state index contributed by atoms with van der Waals surface area (Å²) in [5.74, 6) is 2.15. The Bertz CT molecular complexity index is 1830. The number of nitrogens with one attached hydrogen (secondary N) is 1. The minimum Gasteiger partial charge on any atom is -0.474 e. The number of hydrogen-bond donors (Lipinski definition) is 1. The minimum atomic E-state index is -0.183. The third-order valence-corrected chi connectivity index (χ3v) is 8.91. The summed E-state index contributed by atoms with van der Waals surface area (Å²) in [5.41, 5.74) is 4.95. The number of amides is 1. The number of carbonyl (C=O) groups excluding carboxylic acids is 1. The first-order valence-corrected chi connectivity index (χ1v) is 16.1. The molecule has 5 aromatic rings. The molecule has 1 amide bonds. The van der Waals surface area contributed by atoms with Gasteiger partial charge in [-0.05, 0) is 74.2 Å². The number of nitrogens with zero attached hydrogens (tertiary/aromatic N) is 6. The first-order valence-electron chi connectivity index (χ1n) is 15.8. The SMILES string of the molecule is Cc1ncccc1C(=O)Nc1ccc2c(c1)nc(CN1CCC(Oc3ccnc(Cc4ccc(Cl)cc4)n3)CC1)n2CC1CCO1. The van der Waals surface area contributed by atoms with Gasteiger partial charge in [0.2, 0.25) is 5.88 Å². The number of aromatic nitrogens is 5. The number of benzene rings is 2. The van der Waals surface area contributed by atoms with E-state index >= 15 is 0 Å². The second-order valence-corrected chi connectivity index (χ2v) is 12.4. The van der Waals surface area contributed by atoms with E-state index in [1.165, 1.54) is 0 Å². The molecule has 0 saturated carbocycles. The molecule has 0 aliphatic carbocycles. The van der Waals surface area contributed by atoms with E-state index in [0.29, 0.717) is 34.3 Å². The highest BCUT2D eigenvalue weighted by molar-refractivity contribution is 6.30. The molecule has 0 radical (unpaired) electrons. The summed E-state index contributed by atoms with van der Waals surface area (Å²) in [6.45, 7) is 5.91. The second kappa shape index (κ2) is 13.5. The standard InChI is InChI=1S/C35H36ClN7O3/c1-23-29(3-2-14-37-23)35(44)39-26-8-9-31-30(20-26)40-33(43(31)21-28-13-18-45-28)22-42-16-11-27(12-17-42)46-34-10-15-38-32(41-34)19-24-4-6-25(36)7-5-24/h2-10,14-15,20,27-28H,11-13,16-19,21-22H2,1H3,(H,39,44). The molecule has 11 heteroatoms. The second-order valence-electron chi connectivity index (χ2n) is 11.9. The lowest BCUT2D eigenvalue weighted by Gasteiger charge is -2.32. The van der Waals surface area contributed by atoms with E-state index in [9.17, 15) is 4.79 Å². The maximum Gasteiger partial charge on any atom is 0.257 e. The lowest BCUT2D eigenvalue weighted by atomic mass is 10.1. The molecular weight excluding hydrogens is 602 g/mol. The summed E-state index contributed by atoms with van der Waals surface area (Å²) < 4.78 is 14.4. The Morgan fingerprint density at radius 2 is 1.85 bits per heavy atom. The van der Waals surface area contributed by atoms with Crippen molar-refractivity contribution in [2.24, 2.45) is 0 Å². The van der Waals surface area contributed by atoms with Crippen LogP contribution in [0.1, 0.15) is 52.5 Å². The predicted molar refractivity (Wildman–Crippen MR) is 176 cm³/mol. The van der Waals surface area contributed by atoms with Crippen LogP contribution in [0.25, 0.3) is 11.0 Å². The molecule has 10 nitrogen and oxygen atoms in total. The molecule has 2 fully saturated rings. The van der Waals surface area contributed by atoms with Crippen LogP contribution in [0.3, 0.4) is 0 Å². The highest BCUT2D eigenvalue weighted by atomic mass is 35.5. The highest BCUT2D eigenvalue weighted by Crippen LogP contribution is 2.26. The average Bonchev–Trinajstić information content (AvgIpc) is 3.37. The van der Waals surface area contributed by atoms with Crippen molar-refractivity contribution in [2.75, 3.05) is 25.0 Å². The van der Waals surface area contributed by atoms with E-state index in [1.807, 2.05) is 55.5 Å². The molecule has 2 saturated heterocycles. The Kier molecular flexibility index (Phi) is 8.91. The Morgan fingerprint density at radius 1 is 1.02 bits per heavy atom. The normalized spacial score (nSPS) is 17.1. The number of imidazole rings is 1. The van der Waals surface area contributed by atoms with E-state index in [-0.39, 0.29) is 18.1 Å². The molecule has 1 atom stereocenters.